The van der Waals surface area contributed by atoms with Gasteiger partial charge in [0.05, 0.1) is 23.8 Å². The fourth-order valence-corrected chi connectivity index (χ4v) is 3.12. The van der Waals surface area contributed by atoms with E-state index >= 15 is 0 Å². The summed E-state index contributed by atoms with van der Waals surface area (Å²) in [6, 6.07) is 14.3. The Kier molecular flexibility index (Phi) is 3.78. The van der Waals surface area contributed by atoms with Crippen molar-refractivity contribution in [3.63, 3.8) is 0 Å². The molecule has 1 fully saturated rings. The van der Waals surface area contributed by atoms with Gasteiger partial charge in [-0.2, -0.15) is 0 Å². The molecule has 0 aliphatic carbocycles. The summed E-state index contributed by atoms with van der Waals surface area (Å²) >= 11 is 0. The molecule has 1 atom stereocenters. The van der Waals surface area contributed by atoms with Crippen LogP contribution in [0.1, 0.15) is 33.6 Å². The molecule has 0 N–H and O–H groups in total. The van der Waals surface area contributed by atoms with Crippen molar-refractivity contribution in [2.45, 2.75) is 18.9 Å². The molecule has 1 unspecified atom stereocenters. The van der Waals surface area contributed by atoms with Crippen molar-refractivity contribution >= 4 is 11.8 Å². The lowest BCUT2D eigenvalue weighted by Crippen LogP contribution is -2.36. The SMILES string of the molecule is O=C1c2ccc(Oc3ccccc3)cc2C(=O)N1CC1CCCO1. The lowest BCUT2D eigenvalue weighted by molar-refractivity contribution is 0.0475. The van der Waals surface area contributed by atoms with Crippen LogP contribution in [0.2, 0.25) is 0 Å². The number of hydrogen-bond acceptors (Lipinski definition) is 4. The van der Waals surface area contributed by atoms with Crippen LogP contribution in [-0.4, -0.2) is 36.0 Å². The summed E-state index contributed by atoms with van der Waals surface area (Å²) in [5.74, 6) is 0.700. The van der Waals surface area contributed by atoms with Crippen LogP contribution < -0.4 is 4.74 Å². The number of carbonyl (C=O) groups is 2. The Morgan fingerprint density at radius 3 is 2.54 bits per heavy atom. The van der Waals surface area contributed by atoms with E-state index in [1.807, 2.05) is 30.3 Å². The number of imide groups is 1. The second kappa shape index (κ2) is 6.09. The number of para-hydroxylation sites is 1. The minimum atomic E-state index is -0.274. The standard InChI is InChI=1S/C19H17NO4/c21-18-16-9-8-14(24-13-5-2-1-3-6-13)11-17(16)19(22)20(18)12-15-7-4-10-23-15/h1-3,5-6,8-9,11,15H,4,7,10,12H2. The molecule has 2 heterocycles. The lowest BCUT2D eigenvalue weighted by Gasteiger charge is -2.17. The van der Waals surface area contributed by atoms with Crippen LogP contribution in [-0.2, 0) is 4.74 Å². The topological polar surface area (TPSA) is 55.8 Å². The molecule has 0 saturated carbocycles. The molecular weight excluding hydrogens is 306 g/mol. The monoisotopic (exact) mass is 323 g/mol. The number of ether oxygens (including phenoxy) is 2. The Bertz CT molecular complexity index is 781. The van der Waals surface area contributed by atoms with Crippen LogP contribution in [0.15, 0.2) is 48.5 Å². The first kappa shape index (κ1) is 14.9. The van der Waals surface area contributed by atoms with Crippen molar-refractivity contribution in [3.8, 4) is 11.5 Å². The molecule has 5 heteroatoms. The van der Waals surface area contributed by atoms with Crippen LogP contribution in [0.4, 0.5) is 0 Å². The summed E-state index contributed by atoms with van der Waals surface area (Å²) in [5.41, 5.74) is 0.824. The Hall–Kier alpha value is -2.66. The van der Waals surface area contributed by atoms with E-state index in [1.54, 1.807) is 18.2 Å². The Balaban J connectivity index is 1.56. The Morgan fingerprint density at radius 2 is 1.79 bits per heavy atom. The molecule has 2 aliphatic heterocycles. The van der Waals surface area contributed by atoms with Gasteiger partial charge in [0.1, 0.15) is 11.5 Å². The second-order valence-electron chi connectivity index (χ2n) is 5.98. The number of amides is 2. The van der Waals surface area contributed by atoms with Crippen molar-refractivity contribution < 1.29 is 19.1 Å². The number of carbonyl (C=O) groups excluding carboxylic acids is 2. The van der Waals surface area contributed by atoms with Crippen molar-refractivity contribution in [2.75, 3.05) is 13.2 Å². The predicted octanol–water partition coefficient (Wildman–Crippen LogP) is 3.25. The molecule has 0 aromatic heterocycles. The van der Waals surface area contributed by atoms with Gasteiger partial charge in [-0.1, -0.05) is 18.2 Å². The largest absolute Gasteiger partial charge is 0.457 e. The Labute approximate surface area is 139 Å². The maximum atomic E-state index is 12.6. The summed E-state index contributed by atoms with van der Waals surface area (Å²) in [7, 11) is 0. The van der Waals surface area contributed by atoms with Crippen LogP contribution >= 0.6 is 0 Å². The van der Waals surface area contributed by atoms with E-state index < -0.39 is 0 Å². The fraction of sp³-hybridized carbons (Fsp3) is 0.263. The van der Waals surface area contributed by atoms with Gasteiger partial charge in [0, 0.05) is 6.61 Å². The Morgan fingerprint density at radius 1 is 1.00 bits per heavy atom. The van der Waals surface area contributed by atoms with Crippen LogP contribution in [0.5, 0.6) is 11.5 Å². The molecule has 4 rings (SSSR count). The van der Waals surface area contributed by atoms with Gasteiger partial charge >= 0.3 is 0 Å². The number of fused-ring (bicyclic) bond motifs is 1. The van der Waals surface area contributed by atoms with Gasteiger partial charge < -0.3 is 9.47 Å². The lowest BCUT2D eigenvalue weighted by atomic mass is 10.1. The van der Waals surface area contributed by atoms with Crippen molar-refractivity contribution in [1.82, 2.24) is 4.90 Å². The zero-order chi connectivity index (χ0) is 16.5. The third kappa shape index (κ3) is 2.67. The summed E-state index contributed by atoms with van der Waals surface area (Å²) < 4.78 is 11.3. The van der Waals surface area contributed by atoms with E-state index in [-0.39, 0.29) is 17.9 Å². The second-order valence-corrected chi connectivity index (χ2v) is 5.98. The highest BCUT2D eigenvalue weighted by Crippen LogP contribution is 2.30. The summed E-state index contributed by atoms with van der Waals surface area (Å²) in [6.45, 7) is 1.02. The molecule has 122 valence electrons. The fourth-order valence-electron chi connectivity index (χ4n) is 3.12. The molecule has 2 aromatic carbocycles. The molecule has 2 amide bonds. The maximum Gasteiger partial charge on any atom is 0.261 e. The average molecular weight is 323 g/mol. The average Bonchev–Trinajstić information content (AvgIpc) is 3.19. The first-order valence-electron chi connectivity index (χ1n) is 8.07. The molecule has 0 spiro atoms. The summed E-state index contributed by atoms with van der Waals surface area (Å²) in [4.78, 5) is 26.4. The summed E-state index contributed by atoms with van der Waals surface area (Å²) in [5, 5.41) is 0. The zero-order valence-electron chi connectivity index (χ0n) is 13.1. The molecule has 5 nitrogen and oxygen atoms in total. The van der Waals surface area contributed by atoms with Gasteiger partial charge in [-0.25, -0.2) is 0 Å². The molecular formula is C19H17NO4. The van der Waals surface area contributed by atoms with Gasteiger partial charge in [0.25, 0.3) is 11.8 Å². The van der Waals surface area contributed by atoms with E-state index in [0.29, 0.717) is 35.8 Å². The van der Waals surface area contributed by atoms with Gasteiger partial charge in [0.15, 0.2) is 0 Å². The molecule has 1 saturated heterocycles. The third-order valence-corrected chi connectivity index (χ3v) is 4.33. The van der Waals surface area contributed by atoms with E-state index in [1.165, 1.54) is 4.90 Å². The van der Waals surface area contributed by atoms with Crippen LogP contribution in [0.25, 0.3) is 0 Å². The minimum Gasteiger partial charge on any atom is -0.457 e. The molecule has 0 radical (unpaired) electrons. The molecule has 24 heavy (non-hydrogen) atoms. The van der Waals surface area contributed by atoms with Gasteiger partial charge in [-0.3, -0.25) is 14.5 Å². The van der Waals surface area contributed by atoms with Crippen molar-refractivity contribution in [3.05, 3.63) is 59.7 Å². The van der Waals surface area contributed by atoms with E-state index in [2.05, 4.69) is 0 Å². The minimum absolute atomic E-state index is 0.0488. The molecule has 0 bridgehead atoms. The zero-order valence-corrected chi connectivity index (χ0v) is 13.1. The number of nitrogens with zero attached hydrogens (tertiary/aromatic N) is 1. The molecule has 2 aliphatic rings. The summed E-state index contributed by atoms with van der Waals surface area (Å²) in [6.07, 6.45) is 1.81. The number of rotatable bonds is 4. The maximum absolute atomic E-state index is 12.6. The molecule has 2 aromatic rings. The normalized spacial score (nSPS) is 19.7. The van der Waals surface area contributed by atoms with Crippen molar-refractivity contribution in [1.29, 1.82) is 0 Å². The quantitative estimate of drug-likeness (QED) is 0.811. The van der Waals surface area contributed by atoms with E-state index in [9.17, 15) is 9.59 Å². The number of benzene rings is 2. The first-order chi connectivity index (χ1) is 11.7. The highest BCUT2D eigenvalue weighted by molar-refractivity contribution is 6.21. The van der Waals surface area contributed by atoms with Gasteiger partial charge in [-0.05, 0) is 43.2 Å². The van der Waals surface area contributed by atoms with Crippen LogP contribution in [0.3, 0.4) is 0 Å². The van der Waals surface area contributed by atoms with Gasteiger partial charge in [0.2, 0.25) is 0 Å². The first-order valence-corrected chi connectivity index (χ1v) is 8.07. The predicted molar refractivity (Wildman–Crippen MR) is 87.3 cm³/mol. The highest BCUT2D eigenvalue weighted by Gasteiger charge is 2.37. The third-order valence-electron chi connectivity index (χ3n) is 4.33. The number of hydrogen-bond donors (Lipinski definition) is 0. The van der Waals surface area contributed by atoms with Crippen molar-refractivity contribution in [2.24, 2.45) is 0 Å². The highest BCUT2D eigenvalue weighted by atomic mass is 16.5. The van der Waals surface area contributed by atoms with Gasteiger partial charge in [-0.15, -0.1) is 0 Å². The van der Waals surface area contributed by atoms with Crippen LogP contribution in [0, 0.1) is 0 Å². The smallest absolute Gasteiger partial charge is 0.261 e. The van der Waals surface area contributed by atoms with E-state index in [4.69, 9.17) is 9.47 Å². The van der Waals surface area contributed by atoms with E-state index in [0.717, 1.165) is 12.8 Å².